The number of furan rings is 1. The van der Waals surface area contributed by atoms with Crippen molar-refractivity contribution in [2.45, 2.75) is 72.4 Å². The zero-order valence-corrected chi connectivity index (χ0v) is 16.7. The Morgan fingerprint density at radius 1 is 1.31 bits per heavy atom. The molecule has 26 heavy (non-hydrogen) atoms. The highest BCUT2D eigenvalue weighted by Crippen LogP contribution is 2.52. The number of hydrogen-bond acceptors (Lipinski definition) is 3. The van der Waals surface area contributed by atoms with Crippen LogP contribution in [-0.4, -0.2) is 46.8 Å². The highest BCUT2D eigenvalue weighted by molar-refractivity contribution is 5.94. The first-order chi connectivity index (χ1) is 12.1. The predicted octanol–water partition coefficient (Wildman–Crippen LogP) is 3.95. The van der Waals surface area contributed by atoms with E-state index in [9.17, 15) is 9.59 Å². The minimum atomic E-state index is -0.0743. The molecule has 2 bridgehead atoms. The SMILES string of the molecule is CC(C)N(CCC(=O)N1CC2(C)CC1CC(C)(C)C2)C(=O)c1ccoc1. The molecule has 1 aliphatic heterocycles. The summed E-state index contributed by atoms with van der Waals surface area (Å²) < 4.78 is 5.03. The van der Waals surface area contributed by atoms with Crippen molar-refractivity contribution in [1.82, 2.24) is 9.80 Å². The van der Waals surface area contributed by atoms with Gasteiger partial charge in [-0.05, 0) is 50.0 Å². The zero-order valence-electron chi connectivity index (χ0n) is 16.7. The van der Waals surface area contributed by atoms with E-state index in [-0.39, 0.29) is 23.3 Å². The summed E-state index contributed by atoms with van der Waals surface area (Å²) in [5.74, 6) is 0.108. The number of amides is 2. The monoisotopic (exact) mass is 360 g/mol. The van der Waals surface area contributed by atoms with Gasteiger partial charge >= 0.3 is 0 Å². The first-order valence-corrected chi connectivity index (χ1v) is 9.73. The molecule has 5 nitrogen and oxygen atoms in total. The molecule has 0 aromatic carbocycles. The molecule has 1 saturated heterocycles. The van der Waals surface area contributed by atoms with Crippen molar-refractivity contribution in [3.05, 3.63) is 24.2 Å². The minimum absolute atomic E-state index is 0.0412. The molecule has 144 valence electrons. The summed E-state index contributed by atoms with van der Waals surface area (Å²) in [6.45, 7) is 12.2. The van der Waals surface area contributed by atoms with Crippen molar-refractivity contribution in [2.75, 3.05) is 13.1 Å². The van der Waals surface area contributed by atoms with Crippen molar-refractivity contribution >= 4 is 11.8 Å². The van der Waals surface area contributed by atoms with Crippen LogP contribution in [0.2, 0.25) is 0 Å². The molecule has 1 aromatic heterocycles. The molecule has 2 amide bonds. The average Bonchev–Trinajstić information content (AvgIpc) is 3.11. The van der Waals surface area contributed by atoms with Gasteiger partial charge in [0.15, 0.2) is 0 Å². The summed E-state index contributed by atoms with van der Waals surface area (Å²) >= 11 is 0. The number of carbonyl (C=O) groups excluding carboxylic acids is 2. The van der Waals surface area contributed by atoms with Crippen LogP contribution >= 0.6 is 0 Å². The number of likely N-dealkylation sites (tertiary alicyclic amines) is 1. The van der Waals surface area contributed by atoms with Gasteiger partial charge in [0.25, 0.3) is 5.91 Å². The third-order valence-corrected chi connectivity index (χ3v) is 5.95. The molecule has 5 heteroatoms. The van der Waals surface area contributed by atoms with Crippen LogP contribution in [0.25, 0.3) is 0 Å². The molecular formula is C21H32N2O3. The zero-order chi connectivity index (χ0) is 19.1. The van der Waals surface area contributed by atoms with Gasteiger partial charge in [0.1, 0.15) is 6.26 Å². The third-order valence-electron chi connectivity index (χ3n) is 5.95. The average molecular weight is 360 g/mol. The number of fused-ring (bicyclic) bond motifs is 2. The van der Waals surface area contributed by atoms with Crippen LogP contribution in [0, 0.1) is 10.8 Å². The maximum Gasteiger partial charge on any atom is 0.257 e. The lowest BCUT2D eigenvalue weighted by Gasteiger charge is -2.39. The molecular weight excluding hydrogens is 328 g/mol. The maximum atomic E-state index is 12.9. The van der Waals surface area contributed by atoms with Gasteiger partial charge in [-0.1, -0.05) is 20.8 Å². The fourth-order valence-corrected chi connectivity index (χ4v) is 5.26. The molecule has 3 rings (SSSR count). The Morgan fingerprint density at radius 3 is 2.65 bits per heavy atom. The lowest BCUT2D eigenvalue weighted by atomic mass is 9.65. The highest BCUT2D eigenvalue weighted by atomic mass is 16.3. The van der Waals surface area contributed by atoms with E-state index in [1.54, 1.807) is 11.0 Å². The van der Waals surface area contributed by atoms with Gasteiger partial charge in [0.05, 0.1) is 11.8 Å². The standard InChI is InChI=1S/C21H32N2O3/c1-15(2)22(19(25)16-7-9-26-12-16)8-6-18(24)23-14-21(5)11-17(23)10-20(3,4)13-21/h7,9,12,15,17H,6,8,10-11,13-14H2,1-5H3. The Hall–Kier alpha value is -1.78. The van der Waals surface area contributed by atoms with E-state index in [1.165, 1.54) is 18.9 Å². The first kappa shape index (κ1) is 19.0. The van der Waals surface area contributed by atoms with Crippen molar-refractivity contribution < 1.29 is 14.0 Å². The van der Waals surface area contributed by atoms with E-state index in [0.717, 1.165) is 19.4 Å². The van der Waals surface area contributed by atoms with Crippen LogP contribution in [-0.2, 0) is 4.79 Å². The van der Waals surface area contributed by atoms with Crippen molar-refractivity contribution in [1.29, 1.82) is 0 Å². The summed E-state index contributed by atoms with van der Waals surface area (Å²) in [7, 11) is 0. The number of rotatable bonds is 5. The number of hydrogen-bond donors (Lipinski definition) is 0. The van der Waals surface area contributed by atoms with Gasteiger partial charge < -0.3 is 14.2 Å². The van der Waals surface area contributed by atoms with Crippen LogP contribution < -0.4 is 0 Å². The predicted molar refractivity (Wildman–Crippen MR) is 101 cm³/mol. The van der Waals surface area contributed by atoms with E-state index in [1.807, 2.05) is 13.8 Å². The molecule has 0 spiro atoms. The Bertz CT molecular complexity index is 665. The molecule has 1 saturated carbocycles. The van der Waals surface area contributed by atoms with Crippen molar-refractivity contribution in [2.24, 2.45) is 10.8 Å². The topological polar surface area (TPSA) is 53.8 Å². The summed E-state index contributed by atoms with van der Waals surface area (Å²) in [5.41, 5.74) is 1.08. The van der Waals surface area contributed by atoms with Gasteiger partial charge in [-0.2, -0.15) is 0 Å². The van der Waals surface area contributed by atoms with Crippen LogP contribution in [0.5, 0.6) is 0 Å². The second-order valence-electron chi connectivity index (χ2n) is 9.59. The summed E-state index contributed by atoms with van der Waals surface area (Å²) in [6.07, 6.45) is 6.72. The van der Waals surface area contributed by atoms with E-state index >= 15 is 0 Å². The second kappa shape index (κ2) is 6.75. The van der Waals surface area contributed by atoms with Crippen LogP contribution in [0.1, 0.15) is 70.7 Å². The maximum absolute atomic E-state index is 12.9. The summed E-state index contributed by atoms with van der Waals surface area (Å²) in [5, 5.41) is 0. The van der Waals surface area contributed by atoms with Crippen LogP contribution in [0.3, 0.4) is 0 Å². The van der Waals surface area contributed by atoms with E-state index in [0.29, 0.717) is 30.0 Å². The Balaban J connectivity index is 1.63. The molecule has 2 aliphatic rings. The third kappa shape index (κ3) is 3.81. The molecule has 2 atom stereocenters. The smallest absolute Gasteiger partial charge is 0.257 e. The number of carbonyl (C=O) groups is 2. The van der Waals surface area contributed by atoms with Crippen molar-refractivity contribution in [3.63, 3.8) is 0 Å². The Labute approximate surface area is 156 Å². The molecule has 2 fully saturated rings. The quantitative estimate of drug-likeness (QED) is 0.799. The van der Waals surface area contributed by atoms with Gasteiger partial charge in [0, 0.05) is 31.6 Å². The fourth-order valence-electron chi connectivity index (χ4n) is 5.26. The normalized spacial score (nSPS) is 27.0. The lowest BCUT2D eigenvalue weighted by molar-refractivity contribution is -0.132. The van der Waals surface area contributed by atoms with E-state index < -0.39 is 0 Å². The van der Waals surface area contributed by atoms with Crippen LogP contribution in [0.4, 0.5) is 0 Å². The highest BCUT2D eigenvalue weighted by Gasteiger charge is 2.50. The minimum Gasteiger partial charge on any atom is -0.472 e. The van der Waals surface area contributed by atoms with Gasteiger partial charge in [-0.3, -0.25) is 9.59 Å². The van der Waals surface area contributed by atoms with Crippen LogP contribution in [0.15, 0.2) is 23.0 Å². The molecule has 0 N–H and O–H groups in total. The largest absolute Gasteiger partial charge is 0.472 e. The molecule has 1 aliphatic carbocycles. The second-order valence-corrected chi connectivity index (χ2v) is 9.59. The van der Waals surface area contributed by atoms with E-state index in [4.69, 9.17) is 4.42 Å². The molecule has 2 unspecified atom stereocenters. The summed E-state index contributed by atoms with van der Waals surface area (Å²) in [6, 6.07) is 2.07. The van der Waals surface area contributed by atoms with Gasteiger partial charge in [0.2, 0.25) is 5.91 Å². The first-order valence-electron chi connectivity index (χ1n) is 9.73. The lowest BCUT2D eigenvalue weighted by Crippen LogP contribution is -2.42. The fraction of sp³-hybridized carbons (Fsp3) is 0.714. The van der Waals surface area contributed by atoms with E-state index in [2.05, 4.69) is 25.7 Å². The summed E-state index contributed by atoms with van der Waals surface area (Å²) in [4.78, 5) is 29.4. The van der Waals surface area contributed by atoms with Gasteiger partial charge in [-0.25, -0.2) is 0 Å². The molecule has 1 aromatic rings. The Kier molecular flexibility index (Phi) is 4.93. The van der Waals surface area contributed by atoms with Crippen molar-refractivity contribution in [3.8, 4) is 0 Å². The van der Waals surface area contributed by atoms with Gasteiger partial charge in [-0.15, -0.1) is 0 Å². The Morgan fingerprint density at radius 2 is 2.04 bits per heavy atom. The molecule has 2 heterocycles. The number of nitrogens with zero attached hydrogens (tertiary/aromatic N) is 2. The molecule has 0 radical (unpaired) electrons.